The third-order valence-corrected chi connectivity index (χ3v) is 3.48. The number of morpholine rings is 1. The predicted molar refractivity (Wildman–Crippen MR) is 74.7 cm³/mol. The lowest BCUT2D eigenvalue weighted by Crippen LogP contribution is -2.50. The maximum absolute atomic E-state index is 12.5. The maximum atomic E-state index is 12.5. The summed E-state index contributed by atoms with van der Waals surface area (Å²) in [4.78, 5) is 18.4. The highest BCUT2D eigenvalue weighted by molar-refractivity contribution is 6.33. The standard InChI is InChI=1S/C13H18ClN3O2/c1-8-7-19-9(2)6-17(8)13(18)10-4-11(14)12(15-3)16-5-10/h4-5,8-9H,6-7H2,1-3H3,(H,15,16). The molecule has 0 saturated carbocycles. The van der Waals surface area contributed by atoms with Crippen LogP contribution >= 0.6 is 11.6 Å². The third-order valence-electron chi connectivity index (χ3n) is 3.19. The zero-order valence-electron chi connectivity index (χ0n) is 11.3. The Labute approximate surface area is 117 Å². The Morgan fingerprint density at radius 2 is 2.32 bits per heavy atom. The molecule has 1 aliphatic heterocycles. The van der Waals surface area contributed by atoms with Gasteiger partial charge in [0, 0.05) is 19.8 Å². The smallest absolute Gasteiger partial charge is 0.255 e. The van der Waals surface area contributed by atoms with E-state index in [-0.39, 0.29) is 18.1 Å². The first-order chi connectivity index (χ1) is 9.02. The molecule has 2 rings (SSSR count). The van der Waals surface area contributed by atoms with E-state index >= 15 is 0 Å². The molecule has 0 spiro atoms. The average Bonchev–Trinajstić information content (AvgIpc) is 2.40. The van der Waals surface area contributed by atoms with Crippen LogP contribution in [0.5, 0.6) is 0 Å². The molecule has 0 bridgehead atoms. The quantitative estimate of drug-likeness (QED) is 0.902. The summed E-state index contributed by atoms with van der Waals surface area (Å²) >= 11 is 6.06. The fourth-order valence-corrected chi connectivity index (χ4v) is 2.35. The van der Waals surface area contributed by atoms with Crippen molar-refractivity contribution in [3.63, 3.8) is 0 Å². The van der Waals surface area contributed by atoms with Crippen LogP contribution in [0.15, 0.2) is 12.3 Å². The van der Waals surface area contributed by atoms with Crippen molar-refractivity contribution < 1.29 is 9.53 Å². The van der Waals surface area contributed by atoms with Gasteiger partial charge in [-0.3, -0.25) is 4.79 Å². The average molecular weight is 284 g/mol. The van der Waals surface area contributed by atoms with Gasteiger partial charge in [0.25, 0.3) is 5.91 Å². The number of ether oxygens (including phenoxy) is 1. The van der Waals surface area contributed by atoms with E-state index in [1.54, 1.807) is 24.2 Å². The first-order valence-electron chi connectivity index (χ1n) is 6.28. The van der Waals surface area contributed by atoms with E-state index < -0.39 is 0 Å². The molecule has 1 aromatic heterocycles. The molecule has 1 aliphatic rings. The molecule has 1 saturated heterocycles. The number of amides is 1. The number of nitrogens with one attached hydrogen (secondary N) is 1. The molecule has 0 radical (unpaired) electrons. The number of anilines is 1. The van der Waals surface area contributed by atoms with Crippen LogP contribution in [0, 0.1) is 0 Å². The summed E-state index contributed by atoms with van der Waals surface area (Å²) in [5, 5.41) is 3.32. The topological polar surface area (TPSA) is 54.5 Å². The number of carbonyl (C=O) groups is 1. The molecule has 2 unspecified atom stereocenters. The monoisotopic (exact) mass is 283 g/mol. The summed E-state index contributed by atoms with van der Waals surface area (Å²) in [5.74, 6) is 0.515. The van der Waals surface area contributed by atoms with Gasteiger partial charge in [-0.2, -0.15) is 0 Å². The van der Waals surface area contributed by atoms with Crippen LogP contribution in [0.3, 0.4) is 0 Å². The second-order valence-corrected chi connectivity index (χ2v) is 5.16. The Hall–Kier alpha value is -1.33. The van der Waals surface area contributed by atoms with Gasteiger partial charge in [0.1, 0.15) is 5.82 Å². The number of aromatic nitrogens is 1. The van der Waals surface area contributed by atoms with Gasteiger partial charge in [-0.05, 0) is 19.9 Å². The van der Waals surface area contributed by atoms with Crippen molar-refractivity contribution in [3.05, 3.63) is 22.8 Å². The van der Waals surface area contributed by atoms with Crippen LogP contribution in [0.2, 0.25) is 5.02 Å². The minimum atomic E-state index is -0.0558. The van der Waals surface area contributed by atoms with Gasteiger partial charge in [-0.15, -0.1) is 0 Å². The van der Waals surface area contributed by atoms with Crippen molar-refractivity contribution in [1.82, 2.24) is 9.88 Å². The Bertz CT molecular complexity index is 481. The molecule has 2 atom stereocenters. The number of hydrogen-bond acceptors (Lipinski definition) is 4. The molecular formula is C13H18ClN3O2. The number of halogens is 1. The molecule has 19 heavy (non-hydrogen) atoms. The molecule has 1 aromatic rings. The Morgan fingerprint density at radius 3 is 2.95 bits per heavy atom. The Morgan fingerprint density at radius 1 is 1.58 bits per heavy atom. The number of nitrogens with zero attached hydrogens (tertiary/aromatic N) is 2. The predicted octanol–water partition coefficient (Wildman–Crippen LogP) is 2.03. The van der Waals surface area contributed by atoms with Crippen molar-refractivity contribution in [2.75, 3.05) is 25.5 Å². The van der Waals surface area contributed by atoms with Gasteiger partial charge in [0.2, 0.25) is 0 Å². The minimum Gasteiger partial charge on any atom is -0.375 e. The van der Waals surface area contributed by atoms with E-state index in [1.165, 1.54) is 0 Å². The lowest BCUT2D eigenvalue weighted by molar-refractivity contribution is -0.0387. The van der Waals surface area contributed by atoms with E-state index in [0.717, 1.165) is 0 Å². The van der Waals surface area contributed by atoms with Crippen molar-refractivity contribution in [2.45, 2.75) is 26.0 Å². The first kappa shape index (κ1) is 14.1. The highest BCUT2D eigenvalue weighted by Gasteiger charge is 2.28. The number of carbonyl (C=O) groups excluding carboxylic acids is 1. The van der Waals surface area contributed by atoms with Crippen LogP contribution in [-0.2, 0) is 4.74 Å². The summed E-state index contributed by atoms with van der Waals surface area (Å²) in [5.41, 5.74) is 0.505. The summed E-state index contributed by atoms with van der Waals surface area (Å²) in [6.45, 7) is 5.08. The van der Waals surface area contributed by atoms with Gasteiger partial charge in [0.15, 0.2) is 0 Å². The molecular weight excluding hydrogens is 266 g/mol. The van der Waals surface area contributed by atoms with Gasteiger partial charge in [-0.1, -0.05) is 11.6 Å². The van der Waals surface area contributed by atoms with E-state index in [4.69, 9.17) is 16.3 Å². The van der Waals surface area contributed by atoms with E-state index in [9.17, 15) is 4.79 Å². The SMILES string of the molecule is CNc1ncc(C(=O)N2CC(C)OCC2C)cc1Cl. The summed E-state index contributed by atoms with van der Waals surface area (Å²) in [6.07, 6.45) is 1.60. The minimum absolute atomic E-state index is 0.0557. The zero-order chi connectivity index (χ0) is 14.0. The molecule has 0 aromatic carbocycles. The van der Waals surface area contributed by atoms with Crippen molar-refractivity contribution in [3.8, 4) is 0 Å². The normalized spacial score (nSPS) is 23.3. The van der Waals surface area contributed by atoms with E-state index in [2.05, 4.69) is 10.3 Å². The molecule has 1 fully saturated rings. The molecule has 2 heterocycles. The molecule has 5 nitrogen and oxygen atoms in total. The second-order valence-electron chi connectivity index (χ2n) is 4.75. The Kier molecular flexibility index (Phi) is 4.27. The lowest BCUT2D eigenvalue weighted by Gasteiger charge is -2.36. The Balaban J connectivity index is 2.21. The molecule has 1 amide bonds. The van der Waals surface area contributed by atoms with Crippen molar-refractivity contribution in [1.29, 1.82) is 0 Å². The number of pyridine rings is 1. The van der Waals surface area contributed by atoms with Gasteiger partial charge >= 0.3 is 0 Å². The van der Waals surface area contributed by atoms with E-state index in [0.29, 0.717) is 29.6 Å². The first-order valence-corrected chi connectivity index (χ1v) is 6.66. The largest absolute Gasteiger partial charge is 0.375 e. The number of rotatable bonds is 2. The molecule has 0 aliphatic carbocycles. The summed E-state index contributed by atoms with van der Waals surface area (Å²) < 4.78 is 5.52. The van der Waals surface area contributed by atoms with Gasteiger partial charge < -0.3 is 15.0 Å². The molecule has 1 N–H and O–H groups in total. The number of hydrogen-bond donors (Lipinski definition) is 1. The highest BCUT2D eigenvalue weighted by Crippen LogP contribution is 2.22. The van der Waals surface area contributed by atoms with Crippen LogP contribution in [-0.4, -0.2) is 48.1 Å². The van der Waals surface area contributed by atoms with Crippen LogP contribution in [0.1, 0.15) is 24.2 Å². The third kappa shape index (κ3) is 2.98. The zero-order valence-corrected chi connectivity index (χ0v) is 12.1. The van der Waals surface area contributed by atoms with Gasteiger partial charge in [0.05, 0.1) is 29.3 Å². The van der Waals surface area contributed by atoms with E-state index in [1.807, 2.05) is 13.8 Å². The van der Waals surface area contributed by atoms with Crippen LogP contribution in [0.25, 0.3) is 0 Å². The van der Waals surface area contributed by atoms with Crippen LogP contribution < -0.4 is 5.32 Å². The molecule has 104 valence electrons. The van der Waals surface area contributed by atoms with Crippen LogP contribution in [0.4, 0.5) is 5.82 Å². The fourth-order valence-electron chi connectivity index (χ4n) is 2.09. The summed E-state index contributed by atoms with van der Waals surface area (Å²) in [6, 6.07) is 1.71. The summed E-state index contributed by atoms with van der Waals surface area (Å²) in [7, 11) is 1.74. The van der Waals surface area contributed by atoms with Crippen molar-refractivity contribution in [2.24, 2.45) is 0 Å². The highest BCUT2D eigenvalue weighted by atomic mass is 35.5. The van der Waals surface area contributed by atoms with Crippen molar-refractivity contribution >= 4 is 23.3 Å². The lowest BCUT2D eigenvalue weighted by atomic mass is 10.1. The second kappa shape index (κ2) is 5.75. The molecule has 6 heteroatoms. The van der Waals surface area contributed by atoms with Gasteiger partial charge in [-0.25, -0.2) is 4.98 Å². The fraction of sp³-hybridized carbons (Fsp3) is 0.538. The maximum Gasteiger partial charge on any atom is 0.255 e.